The van der Waals surface area contributed by atoms with E-state index in [0.29, 0.717) is 16.9 Å². The molecule has 0 aliphatic carbocycles. The zero-order valence-corrected chi connectivity index (χ0v) is 18.4. The first-order valence-corrected chi connectivity index (χ1v) is 10.2. The lowest BCUT2D eigenvalue weighted by Gasteiger charge is -2.20. The SMILES string of the molecule is CC(NC(=O)c1cc(NC(=O)c2cccc(C(F)(F)F)c2)ccc1N(C)C)c1ccccc1. The summed E-state index contributed by atoms with van der Waals surface area (Å²) >= 11 is 0. The molecule has 0 saturated heterocycles. The van der Waals surface area contributed by atoms with E-state index in [4.69, 9.17) is 0 Å². The number of nitrogens with one attached hydrogen (secondary N) is 2. The van der Waals surface area contributed by atoms with Crippen molar-refractivity contribution < 1.29 is 22.8 Å². The van der Waals surface area contributed by atoms with Crippen molar-refractivity contribution in [2.45, 2.75) is 19.1 Å². The minimum absolute atomic E-state index is 0.134. The molecule has 0 radical (unpaired) electrons. The molecule has 0 heterocycles. The van der Waals surface area contributed by atoms with Crippen LogP contribution in [0, 0.1) is 0 Å². The molecule has 5 nitrogen and oxygen atoms in total. The van der Waals surface area contributed by atoms with Crippen molar-refractivity contribution in [3.63, 3.8) is 0 Å². The first-order valence-electron chi connectivity index (χ1n) is 10.2. The number of halogens is 3. The normalized spacial score (nSPS) is 12.1. The molecule has 33 heavy (non-hydrogen) atoms. The lowest BCUT2D eigenvalue weighted by Crippen LogP contribution is -2.28. The molecule has 2 N–H and O–H groups in total. The van der Waals surface area contributed by atoms with Crippen molar-refractivity contribution in [3.05, 3.63) is 95.1 Å². The van der Waals surface area contributed by atoms with Gasteiger partial charge in [-0.15, -0.1) is 0 Å². The highest BCUT2D eigenvalue weighted by molar-refractivity contribution is 6.06. The second-order valence-corrected chi connectivity index (χ2v) is 7.76. The molecule has 3 rings (SSSR count). The van der Waals surface area contributed by atoms with Gasteiger partial charge in [0.05, 0.1) is 17.2 Å². The fourth-order valence-corrected chi connectivity index (χ4v) is 3.33. The number of benzene rings is 3. The maximum absolute atomic E-state index is 13.0. The number of hydrogen-bond acceptors (Lipinski definition) is 3. The lowest BCUT2D eigenvalue weighted by atomic mass is 10.1. The van der Waals surface area contributed by atoms with Gasteiger partial charge in [-0.2, -0.15) is 13.2 Å². The Morgan fingerprint density at radius 1 is 0.879 bits per heavy atom. The summed E-state index contributed by atoms with van der Waals surface area (Å²) in [6.07, 6.45) is -4.55. The van der Waals surface area contributed by atoms with Gasteiger partial charge in [0.15, 0.2) is 0 Å². The lowest BCUT2D eigenvalue weighted by molar-refractivity contribution is -0.137. The van der Waals surface area contributed by atoms with Crippen molar-refractivity contribution >= 4 is 23.2 Å². The summed E-state index contributed by atoms with van der Waals surface area (Å²) in [7, 11) is 3.57. The van der Waals surface area contributed by atoms with E-state index in [9.17, 15) is 22.8 Å². The Kier molecular flexibility index (Phi) is 7.06. The van der Waals surface area contributed by atoms with Gasteiger partial charge in [-0.3, -0.25) is 9.59 Å². The Labute approximate surface area is 190 Å². The Hall–Kier alpha value is -3.81. The molecule has 1 atom stereocenters. The molecule has 0 saturated carbocycles. The zero-order valence-electron chi connectivity index (χ0n) is 18.4. The highest BCUT2D eigenvalue weighted by Gasteiger charge is 2.31. The van der Waals surface area contributed by atoms with Crippen molar-refractivity contribution in [1.29, 1.82) is 0 Å². The molecular weight excluding hydrogens is 431 g/mol. The molecule has 3 aromatic carbocycles. The van der Waals surface area contributed by atoms with Crippen LogP contribution < -0.4 is 15.5 Å². The van der Waals surface area contributed by atoms with Gasteiger partial charge in [0, 0.05) is 31.0 Å². The van der Waals surface area contributed by atoms with Crippen LogP contribution in [0.15, 0.2) is 72.8 Å². The van der Waals surface area contributed by atoms with Crippen molar-refractivity contribution in [1.82, 2.24) is 5.32 Å². The Morgan fingerprint density at radius 3 is 2.21 bits per heavy atom. The van der Waals surface area contributed by atoms with Gasteiger partial charge in [0.2, 0.25) is 0 Å². The number of hydrogen-bond donors (Lipinski definition) is 2. The maximum Gasteiger partial charge on any atom is 0.416 e. The van der Waals surface area contributed by atoms with Gasteiger partial charge in [0.25, 0.3) is 11.8 Å². The van der Waals surface area contributed by atoms with E-state index < -0.39 is 17.6 Å². The second kappa shape index (κ2) is 9.77. The minimum atomic E-state index is -4.55. The van der Waals surface area contributed by atoms with Crippen LogP contribution in [-0.2, 0) is 6.18 Å². The van der Waals surface area contributed by atoms with E-state index in [1.807, 2.05) is 37.3 Å². The molecule has 1 unspecified atom stereocenters. The van der Waals surface area contributed by atoms with Crippen molar-refractivity contribution in [2.24, 2.45) is 0 Å². The van der Waals surface area contributed by atoms with Crippen LogP contribution in [0.3, 0.4) is 0 Å². The molecule has 172 valence electrons. The smallest absolute Gasteiger partial charge is 0.377 e. The summed E-state index contributed by atoms with van der Waals surface area (Å²) in [6, 6.07) is 18.2. The van der Waals surface area contributed by atoms with E-state index in [0.717, 1.165) is 17.7 Å². The summed E-state index contributed by atoms with van der Waals surface area (Å²) in [5.41, 5.74) is 1.14. The Bertz CT molecular complexity index is 1150. The second-order valence-electron chi connectivity index (χ2n) is 7.76. The van der Waals surface area contributed by atoms with E-state index in [1.54, 1.807) is 31.1 Å². The van der Waals surface area contributed by atoms with Crippen LogP contribution in [0.4, 0.5) is 24.5 Å². The molecule has 0 aliphatic heterocycles. The van der Waals surface area contributed by atoms with E-state index in [1.165, 1.54) is 18.2 Å². The number of rotatable bonds is 6. The van der Waals surface area contributed by atoms with Crippen LogP contribution in [0.1, 0.15) is 44.8 Å². The fraction of sp³-hybridized carbons (Fsp3) is 0.200. The number of alkyl halides is 3. The third kappa shape index (κ3) is 5.91. The molecule has 0 bridgehead atoms. The van der Waals surface area contributed by atoms with Crippen molar-refractivity contribution in [3.8, 4) is 0 Å². The summed E-state index contributed by atoms with van der Waals surface area (Å²) in [4.78, 5) is 27.4. The van der Waals surface area contributed by atoms with E-state index >= 15 is 0 Å². The third-order valence-corrected chi connectivity index (χ3v) is 5.08. The average molecular weight is 455 g/mol. The molecular formula is C25H24F3N3O2. The zero-order chi connectivity index (χ0) is 24.2. The Balaban J connectivity index is 1.84. The molecule has 0 aliphatic rings. The Morgan fingerprint density at radius 2 is 1.58 bits per heavy atom. The largest absolute Gasteiger partial charge is 0.416 e. The van der Waals surface area contributed by atoms with E-state index in [2.05, 4.69) is 10.6 Å². The van der Waals surface area contributed by atoms with Gasteiger partial charge >= 0.3 is 6.18 Å². The molecule has 0 fully saturated rings. The number of anilines is 2. The van der Waals surface area contributed by atoms with E-state index in [-0.39, 0.29) is 17.5 Å². The molecule has 3 aromatic rings. The average Bonchev–Trinajstić information content (AvgIpc) is 2.79. The van der Waals surface area contributed by atoms with Gasteiger partial charge in [0.1, 0.15) is 0 Å². The van der Waals surface area contributed by atoms with Crippen molar-refractivity contribution in [2.75, 3.05) is 24.3 Å². The van der Waals surface area contributed by atoms with Gasteiger partial charge in [-0.25, -0.2) is 0 Å². The minimum Gasteiger partial charge on any atom is -0.377 e. The highest BCUT2D eigenvalue weighted by atomic mass is 19.4. The summed E-state index contributed by atoms with van der Waals surface area (Å²) in [5, 5.41) is 5.52. The van der Waals surface area contributed by atoms with Gasteiger partial charge in [-0.1, -0.05) is 36.4 Å². The monoisotopic (exact) mass is 455 g/mol. The number of amides is 2. The number of carbonyl (C=O) groups excluding carboxylic acids is 2. The quantitative estimate of drug-likeness (QED) is 0.515. The molecule has 0 spiro atoms. The summed E-state index contributed by atoms with van der Waals surface area (Å²) in [6.45, 7) is 1.86. The predicted molar refractivity (Wildman–Crippen MR) is 122 cm³/mol. The summed E-state index contributed by atoms with van der Waals surface area (Å²) < 4.78 is 38.9. The van der Waals surface area contributed by atoms with Crippen LogP contribution in [0.2, 0.25) is 0 Å². The van der Waals surface area contributed by atoms with Crippen LogP contribution >= 0.6 is 0 Å². The van der Waals surface area contributed by atoms with Gasteiger partial charge < -0.3 is 15.5 Å². The summed E-state index contributed by atoms with van der Waals surface area (Å²) in [5.74, 6) is -1.05. The van der Waals surface area contributed by atoms with Crippen LogP contribution in [-0.4, -0.2) is 25.9 Å². The third-order valence-electron chi connectivity index (χ3n) is 5.08. The van der Waals surface area contributed by atoms with Gasteiger partial charge in [-0.05, 0) is 48.9 Å². The topological polar surface area (TPSA) is 61.4 Å². The molecule has 2 amide bonds. The first-order chi connectivity index (χ1) is 15.6. The maximum atomic E-state index is 13.0. The van der Waals surface area contributed by atoms with Crippen LogP contribution in [0.5, 0.6) is 0 Å². The predicted octanol–water partition coefficient (Wildman–Crippen LogP) is 5.51. The first kappa shape index (κ1) is 23.8. The number of carbonyl (C=O) groups is 2. The highest BCUT2D eigenvalue weighted by Crippen LogP contribution is 2.30. The standard InChI is InChI=1S/C25H24F3N3O2/c1-16(17-8-5-4-6-9-17)29-24(33)21-15-20(12-13-22(21)31(2)3)30-23(32)18-10-7-11-19(14-18)25(26,27)28/h4-16H,1-3H3,(H,29,33)(H,30,32). The molecule has 0 aromatic heterocycles. The number of nitrogens with zero attached hydrogens (tertiary/aromatic N) is 1. The molecule has 8 heteroatoms. The van der Waals surface area contributed by atoms with Crippen LogP contribution in [0.25, 0.3) is 0 Å². The fourth-order valence-electron chi connectivity index (χ4n) is 3.33.